The van der Waals surface area contributed by atoms with Crippen molar-refractivity contribution in [2.45, 2.75) is 53.4 Å². The van der Waals surface area contributed by atoms with Crippen molar-refractivity contribution in [1.29, 1.82) is 0 Å². The van der Waals surface area contributed by atoms with E-state index in [-0.39, 0.29) is 19.2 Å². The average Bonchev–Trinajstić information content (AvgIpc) is 2.98. The van der Waals surface area contributed by atoms with Gasteiger partial charge in [-0.15, -0.1) is 6.58 Å². The summed E-state index contributed by atoms with van der Waals surface area (Å²) in [6.07, 6.45) is 8.38. The van der Waals surface area contributed by atoms with Gasteiger partial charge in [0, 0.05) is 11.1 Å². The third-order valence-electron chi connectivity index (χ3n) is 6.75. The van der Waals surface area contributed by atoms with Crippen LogP contribution in [0.3, 0.4) is 0 Å². The zero-order valence-corrected chi connectivity index (χ0v) is 18.0. The van der Waals surface area contributed by atoms with Crippen LogP contribution < -0.4 is 0 Å². The summed E-state index contributed by atoms with van der Waals surface area (Å²) in [7, 11) is 1.45. The molecule has 2 bridgehead atoms. The second-order valence-electron chi connectivity index (χ2n) is 8.53. The van der Waals surface area contributed by atoms with Gasteiger partial charge in [0.25, 0.3) is 0 Å². The van der Waals surface area contributed by atoms with E-state index in [9.17, 15) is 9.59 Å². The molecule has 28 heavy (non-hydrogen) atoms. The summed E-state index contributed by atoms with van der Waals surface area (Å²) < 4.78 is 9.35. The third-order valence-corrected chi connectivity index (χ3v) is 6.75. The van der Waals surface area contributed by atoms with Crippen molar-refractivity contribution in [3.05, 3.63) is 36.5 Å². The van der Waals surface area contributed by atoms with Crippen molar-refractivity contribution in [2.24, 2.45) is 22.7 Å². The van der Waals surface area contributed by atoms with Gasteiger partial charge in [-0.2, -0.15) is 0 Å². The Labute approximate surface area is 169 Å². The maximum atomic E-state index is 11.8. The lowest BCUT2D eigenvalue weighted by Crippen LogP contribution is -2.31. The van der Waals surface area contributed by atoms with Crippen LogP contribution in [-0.2, 0) is 19.1 Å². The molecule has 0 aromatic carbocycles. The summed E-state index contributed by atoms with van der Waals surface area (Å²) in [5, 5.41) is 8.19. The minimum absolute atomic E-state index is 0.0473. The Bertz CT molecular complexity index is 631. The van der Waals surface area contributed by atoms with Gasteiger partial charge in [0.2, 0.25) is 0 Å². The lowest BCUT2D eigenvalue weighted by atomic mass is 9.66. The molecule has 0 spiro atoms. The van der Waals surface area contributed by atoms with Crippen LogP contribution in [0.5, 0.6) is 0 Å². The average molecular weight is 393 g/mol. The van der Waals surface area contributed by atoms with Crippen molar-refractivity contribution in [2.75, 3.05) is 20.3 Å². The number of esters is 2. The highest BCUT2D eigenvalue weighted by Crippen LogP contribution is 2.68. The highest BCUT2D eigenvalue weighted by molar-refractivity contribution is 5.88. The molecule has 1 unspecified atom stereocenters. The van der Waals surface area contributed by atoms with E-state index < -0.39 is 5.97 Å². The molecule has 2 saturated carbocycles. The number of aliphatic hydroxyl groups is 1. The first-order valence-electron chi connectivity index (χ1n) is 9.88. The molecule has 2 aliphatic carbocycles. The molecule has 0 amide bonds. The predicted molar refractivity (Wildman–Crippen MR) is 110 cm³/mol. The number of hydrogen-bond acceptors (Lipinski definition) is 5. The van der Waals surface area contributed by atoms with E-state index in [0.717, 1.165) is 11.5 Å². The Morgan fingerprint density at radius 2 is 1.89 bits per heavy atom. The standard InChI is InChI=1S/C17H26O2.C6H10O3/c1-6-7-12(15(18)19-5)10-14-11-13-8-9-17(14,4)16(13,2)3;1-5(2)6(8)9-4-3-7/h6,10,13-14H,1,7-9,11H2,2-5H3;7H,1,3-4H2,2H3/t13-,14?,17-;/m1./s1. The number of ether oxygens (including phenoxy) is 2. The number of carbonyl (C=O) groups is 2. The van der Waals surface area contributed by atoms with Gasteiger partial charge in [-0.25, -0.2) is 9.59 Å². The smallest absolute Gasteiger partial charge is 0.333 e. The highest BCUT2D eigenvalue weighted by atomic mass is 16.5. The SMILES string of the molecule is C=C(C)C(=O)OCCO.C=CCC(=CC1C[C@H]2CC[C@@]1(C)C2(C)C)C(=O)OC. The molecule has 158 valence electrons. The first-order valence-corrected chi connectivity index (χ1v) is 9.88. The van der Waals surface area contributed by atoms with Crippen molar-refractivity contribution >= 4 is 11.9 Å². The fraction of sp³-hybridized carbons (Fsp3) is 0.652. The largest absolute Gasteiger partial charge is 0.466 e. The molecular weight excluding hydrogens is 356 g/mol. The summed E-state index contributed by atoms with van der Waals surface area (Å²) in [5.74, 6) is 0.629. The van der Waals surface area contributed by atoms with Gasteiger partial charge in [0.1, 0.15) is 6.61 Å². The van der Waals surface area contributed by atoms with Gasteiger partial charge >= 0.3 is 11.9 Å². The topological polar surface area (TPSA) is 72.8 Å². The summed E-state index contributed by atoms with van der Waals surface area (Å²) in [5.41, 5.74) is 1.82. The molecule has 2 fully saturated rings. The Morgan fingerprint density at radius 1 is 1.25 bits per heavy atom. The summed E-state index contributed by atoms with van der Waals surface area (Å²) in [6.45, 7) is 15.7. The van der Waals surface area contributed by atoms with Crippen molar-refractivity contribution in [3.8, 4) is 0 Å². The van der Waals surface area contributed by atoms with Crippen LogP contribution in [-0.4, -0.2) is 37.4 Å². The minimum Gasteiger partial charge on any atom is -0.466 e. The predicted octanol–water partition coefficient (Wildman–Crippen LogP) is 4.22. The molecule has 2 aliphatic rings. The number of carbonyl (C=O) groups excluding carboxylic acids is 2. The molecular formula is C23H36O5. The summed E-state index contributed by atoms with van der Waals surface area (Å²) >= 11 is 0. The minimum atomic E-state index is -0.455. The van der Waals surface area contributed by atoms with Crippen LogP contribution in [0.15, 0.2) is 36.5 Å². The molecule has 0 radical (unpaired) electrons. The van der Waals surface area contributed by atoms with E-state index in [1.807, 2.05) is 0 Å². The summed E-state index contributed by atoms with van der Waals surface area (Å²) in [6, 6.07) is 0. The molecule has 5 nitrogen and oxygen atoms in total. The lowest BCUT2D eigenvalue weighted by molar-refractivity contribution is -0.140. The number of hydrogen-bond donors (Lipinski definition) is 1. The van der Waals surface area contributed by atoms with Crippen molar-refractivity contribution in [3.63, 3.8) is 0 Å². The Balaban J connectivity index is 0.000000370. The van der Waals surface area contributed by atoms with Gasteiger partial charge in [0.15, 0.2) is 0 Å². The quantitative estimate of drug-likeness (QED) is 0.399. The number of rotatable bonds is 7. The zero-order valence-electron chi connectivity index (χ0n) is 18.0. The molecule has 0 saturated heterocycles. The van der Waals surface area contributed by atoms with Crippen LogP contribution >= 0.6 is 0 Å². The monoisotopic (exact) mass is 392 g/mol. The number of aliphatic hydroxyl groups excluding tert-OH is 1. The number of fused-ring (bicyclic) bond motifs is 2. The van der Waals surface area contributed by atoms with Crippen LogP contribution in [0.2, 0.25) is 0 Å². The van der Waals surface area contributed by atoms with E-state index in [1.54, 1.807) is 13.0 Å². The van der Waals surface area contributed by atoms with Gasteiger partial charge < -0.3 is 14.6 Å². The first-order chi connectivity index (χ1) is 13.0. The van der Waals surface area contributed by atoms with E-state index in [1.165, 1.54) is 26.4 Å². The van der Waals surface area contributed by atoms with Crippen LogP contribution in [0, 0.1) is 22.7 Å². The first kappa shape index (κ1) is 24.2. The fourth-order valence-electron chi connectivity index (χ4n) is 4.53. The molecule has 3 atom stereocenters. The van der Waals surface area contributed by atoms with Crippen LogP contribution in [0.4, 0.5) is 0 Å². The zero-order chi connectivity index (χ0) is 21.5. The second kappa shape index (κ2) is 10.1. The van der Waals surface area contributed by atoms with Crippen LogP contribution in [0.1, 0.15) is 53.4 Å². The van der Waals surface area contributed by atoms with Gasteiger partial charge in [-0.3, -0.25) is 0 Å². The molecule has 0 aromatic rings. The van der Waals surface area contributed by atoms with E-state index >= 15 is 0 Å². The lowest BCUT2D eigenvalue weighted by Gasteiger charge is -2.38. The van der Waals surface area contributed by atoms with Crippen LogP contribution in [0.25, 0.3) is 0 Å². The summed E-state index contributed by atoms with van der Waals surface area (Å²) in [4.78, 5) is 22.3. The molecule has 2 rings (SSSR count). The van der Waals surface area contributed by atoms with E-state index in [4.69, 9.17) is 9.84 Å². The number of methoxy groups -OCH3 is 1. The Kier molecular flexibility index (Phi) is 8.68. The van der Waals surface area contributed by atoms with Gasteiger partial charge in [-0.05, 0) is 55.3 Å². The van der Waals surface area contributed by atoms with Crippen molar-refractivity contribution in [1.82, 2.24) is 0 Å². The van der Waals surface area contributed by atoms with Crippen molar-refractivity contribution < 1.29 is 24.2 Å². The number of allylic oxidation sites excluding steroid dienone is 2. The molecule has 0 aliphatic heterocycles. The van der Waals surface area contributed by atoms with Gasteiger partial charge in [-0.1, -0.05) is 39.5 Å². The second-order valence-corrected chi connectivity index (χ2v) is 8.53. The van der Waals surface area contributed by atoms with E-state index in [0.29, 0.717) is 28.7 Å². The Morgan fingerprint density at radius 3 is 2.29 bits per heavy atom. The highest BCUT2D eigenvalue weighted by Gasteiger charge is 2.60. The normalized spacial score (nSPS) is 27.4. The maximum Gasteiger partial charge on any atom is 0.333 e. The molecule has 0 heterocycles. The Hall–Kier alpha value is -1.88. The molecule has 0 aromatic heterocycles. The fourth-order valence-corrected chi connectivity index (χ4v) is 4.53. The van der Waals surface area contributed by atoms with E-state index in [2.05, 4.69) is 44.7 Å². The molecule has 1 N–H and O–H groups in total. The third kappa shape index (κ3) is 5.13. The molecule has 5 heteroatoms. The van der Waals surface area contributed by atoms with Gasteiger partial charge in [0.05, 0.1) is 13.7 Å². The maximum absolute atomic E-state index is 11.8.